The van der Waals surface area contributed by atoms with Crippen molar-refractivity contribution >= 4 is 19.1 Å². The third-order valence-electron chi connectivity index (χ3n) is 2.01. The van der Waals surface area contributed by atoms with E-state index >= 15 is 0 Å². The topological polar surface area (TPSA) is 29.5 Å². The number of halogens is 1. The molecule has 0 aromatic carbocycles. The quantitative estimate of drug-likeness (QED) is 0.529. The van der Waals surface area contributed by atoms with Crippen molar-refractivity contribution in [2.75, 3.05) is 32.2 Å². The second-order valence-corrected chi connectivity index (χ2v) is 6.01. The van der Waals surface area contributed by atoms with Crippen molar-refractivity contribution in [1.82, 2.24) is 4.67 Å². The smallest absolute Gasteiger partial charge is 0.272 e. The summed E-state index contributed by atoms with van der Waals surface area (Å²) in [7, 11) is -0.617. The van der Waals surface area contributed by atoms with Crippen molar-refractivity contribution in [3.05, 3.63) is 0 Å². The molecule has 0 radical (unpaired) electrons. The summed E-state index contributed by atoms with van der Waals surface area (Å²) in [6, 6.07) is 0. The first-order chi connectivity index (χ1) is 5.69. The Morgan fingerprint density at radius 3 is 3.00 bits per heavy atom. The molecule has 0 aromatic heterocycles. The van der Waals surface area contributed by atoms with Crippen LogP contribution in [-0.4, -0.2) is 36.9 Å². The first kappa shape index (κ1) is 10.5. The van der Waals surface area contributed by atoms with E-state index in [1.165, 1.54) is 0 Å². The average Bonchev–Trinajstić information content (AvgIpc) is 2.07. The van der Waals surface area contributed by atoms with Gasteiger partial charge >= 0.3 is 0 Å². The van der Waals surface area contributed by atoms with Crippen molar-refractivity contribution in [2.45, 2.75) is 12.8 Å². The number of nitrogens with zero attached hydrogens (tertiary/aromatic N) is 1. The van der Waals surface area contributed by atoms with E-state index in [4.69, 9.17) is 16.1 Å². The Hall–Kier alpha value is 0.440. The van der Waals surface area contributed by atoms with Gasteiger partial charge in [0.2, 0.25) is 0 Å². The molecule has 0 saturated carbocycles. The van der Waals surface area contributed by atoms with Crippen LogP contribution in [0.5, 0.6) is 0 Å². The second-order valence-electron chi connectivity index (χ2n) is 2.97. The standard InChI is InChI=1S/C7H15ClNO2P/c1-9-5-3-6-11-12(9,10)7-2-4-8/h2-7H2,1H3. The van der Waals surface area contributed by atoms with Crippen molar-refractivity contribution in [3.63, 3.8) is 0 Å². The van der Waals surface area contributed by atoms with Gasteiger partial charge in [0.05, 0.1) is 6.61 Å². The molecule has 0 N–H and O–H groups in total. The molecule has 1 aliphatic heterocycles. The third kappa shape index (κ3) is 2.46. The third-order valence-corrected chi connectivity index (χ3v) is 4.99. The van der Waals surface area contributed by atoms with E-state index in [-0.39, 0.29) is 0 Å². The molecule has 0 amide bonds. The summed E-state index contributed by atoms with van der Waals surface area (Å²) in [6.45, 7) is 1.50. The van der Waals surface area contributed by atoms with Crippen LogP contribution in [0.4, 0.5) is 0 Å². The van der Waals surface area contributed by atoms with Crippen LogP contribution >= 0.6 is 19.1 Å². The first-order valence-corrected chi connectivity index (χ1v) is 6.50. The van der Waals surface area contributed by atoms with Gasteiger partial charge in [-0.25, -0.2) is 4.67 Å². The predicted octanol–water partition coefficient (Wildman–Crippen LogP) is 2.16. The van der Waals surface area contributed by atoms with Crippen molar-refractivity contribution in [3.8, 4) is 0 Å². The van der Waals surface area contributed by atoms with Gasteiger partial charge in [0.15, 0.2) is 0 Å². The van der Waals surface area contributed by atoms with Crippen LogP contribution in [0.25, 0.3) is 0 Å². The lowest BCUT2D eigenvalue weighted by Gasteiger charge is -2.31. The van der Waals surface area contributed by atoms with Crippen LogP contribution in [0.3, 0.4) is 0 Å². The van der Waals surface area contributed by atoms with E-state index in [1.54, 1.807) is 0 Å². The zero-order valence-electron chi connectivity index (χ0n) is 7.33. The van der Waals surface area contributed by atoms with Gasteiger partial charge in [-0.05, 0) is 19.9 Å². The van der Waals surface area contributed by atoms with Crippen LogP contribution in [0, 0.1) is 0 Å². The Kier molecular flexibility index (Phi) is 4.04. The summed E-state index contributed by atoms with van der Waals surface area (Å²) in [5.41, 5.74) is 0. The van der Waals surface area contributed by atoms with Crippen LogP contribution in [-0.2, 0) is 9.09 Å². The Balaban J connectivity index is 2.48. The average molecular weight is 212 g/mol. The molecule has 1 rings (SSSR count). The Labute approximate surface area is 78.5 Å². The summed E-state index contributed by atoms with van der Waals surface area (Å²) in [5.74, 6) is 0.557. The van der Waals surface area contributed by atoms with Crippen LogP contribution < -0.4 is 0 Å². The maximum atomic E-state index is 12.0. The molecule has 0 aliphatic carbocycles. The molecule has 1 unspecified atom stereocenters. The van der Waals surface area contributed by atoms with Crippen LogP contribution in [0.1, 0.15) is 12.8 Å². The van der Waals surface area contributed by atoms with Gasteiger partial charge in [0.25, 0.3) is 7.52 Å². The summed E-state index contributed by atoms with van der Waals surface area (Å²) in [6.07, 6.45) is 2.33. The van der Waals surface area contributed by atoms with Gasteiger partial charge < -0.3 is 4.52 Å². The molecule has 72 valence electrons. The van der Waals surface area contributed by atoms with Crippen LogP contribution in [0.2, 0.25) is 0 Å². The molecular formula is C7H15ClNO2P. The van der Waals surface area contributed by atoms with E-state index in [0.717, 1.165) is 19.4 Å². The lowest BCUT2D eigenvalue weighted by molar-refractivity contribution is 0.222. The molecule has 1 saturated heterocycles. The lowest BCUT2D eigenvalue weighted by atomic mass is 10.5. The summed E-state index contributed by atoms with van der Waals surface area (Å²) < 4.78 is 19.1. The SMILES string of the molecule is CN1CCCOP1(=O)CCCCl. The lowest BCUT2D eigenvalue weighted by Crippen LogP contribution is -2.26. The van der Waals surface area contributed by atoms with Gasteiger partial charge in [-0.15, -0.1) is 11.6 Å². The number of rotatable bonds is 3. The maximum Gasteiger partial charge on any atom is 0.272 e. The van der Waals surface area contributed by atoms with Gasteiger partial charge in [-0.3, -0.25) is 4.57 Å². The van der Waals surface area contributed by atoms with Crippen molar-refractivity contribution in [2.24, 2.45) is 0 Å². The van der Waals surface area contributed by atoms with E-state index < -0.39 is 7.52 Å². The largest absolute Gasteiger partial charge is 0.317 e. The molecule has 1 heterocycles. The number of hydrogen-bond acceptors (Lipinski definition) is 2. The highest BCUT2D eigenvalue weighted by Gasteiger charge is 2.30. The first-order valence-electron chi connectivity index (χ1n) is 4.20. The monoisotopic (exact) mass is 211 g/mol. The van der Waals surface area contributed by atoms with Gasteiger partial charge in [0, 0.05) is 18.6 Å². The molecule has 0 bridgehead atoms. The van der Waals surface area contributed by atoms with E-state index in [0.29, 0.717) is 18.6 Å². The van der Waals surface area contributed by atoms with E-state index in [1.807, 2.05) is 11.7 Å². The van der Waals surface area contributed by atoms with E-state index in [2.05, 4.69) is 0 Å². The molecule has 0 spiro atoms. The zero-order chi connectivity index (χ0) is 9.03. The van der Waals surface area contributed by atoms with E-state index in [9.17, 15) is 4.57 Å². The zero-order valence-corrected chi connectivity index (χ0v) is 8.98. The number of hydrogen-bond donors (Lipinski definition) is 0. The Morgan fingerprint density at radius 2 is 2.42 bits per heavy atom. The van der Waals surface area contributed by atoms with Gasteiger partial charge in [-0.2, -0.15) is 0 Å². The molecule has 3 nitrogen and oxygen atoms in total. The molecule has 1 aliphatic rings. The summed E-state index contributed by atoms with van der Waals surface area (Å²) in [5, 5.41) is 0. The number of alkyl halides is 1. The fourth-order valence-electron chi connectivity index (χ4n) is 1.25. The molecule has 0 aromatic rings. The fraction of sp³-hybridized carbons (Fsp3) is 1.00. The minimum atomic E-state index is -2.47. The molecule has 1 fully saturated rings. The fourth-order valence-corrected chi connectivity index (χ4v) is 3.65. The molecule has 12 heavy (non-hydrogen) atoms. The molecular weight excluding hydrogens is 197 g/mol. The maximum absolute atomic E-state index is 12.0. The normalized spacial score (nSPS) is 32.2. The minimum absolute atomic E-state index is 0.557. The minimum Gasteiger partial charge on any atom is -0.317 e. The summed E-state index contributed by atoms with van der Waals surface area (Å²) >= 11 is 5.54. The van der Waals surface area contributed by atoms with Crippen molar-refractivity contribution < 1.29 is 9.09 Å². The highest BCUT2D eigenvalue weighted by atomic mass is 35.5. The molecule has 5 heteroatoms. The van der Waals surface area contributed by atoms with Gasteiger partial charge in [-0.1, -0.05) is 0 Å². The highest BCUT2D eigenvalue weighted by Crippen LogP contribution is 2.52. The second kappa shape index (κ2) is 4.61. The Bertz CT molecular complexity index is 188. The van der Waals surface area contributed by atoms with Crippen molar-refractivity contribution in [1.29, 1.82) is 0 Å². The van der Waals surface area contributed by atoms with Crippen LogP contribution in [0.15, 0.2) is 0 Å². The van der Waals surface area contributed by atoms with Gasteiger partial charge in [0.1, 0.15) is 0 Å². The summed E-state index contributed by atoms with van der Waals surface area (Å²) in [4.78, 5) is 0. The highest BCUT2D eigenvalue weighted by molar-refractivity contribution is 7.56. The molecule has 1 atom stereocenters. The Morgan fingerprint density at radius 1 is 1.67 bits per heavy atom. The predicted molar refractivity (Wildman–Crippen MR) is 51.0 cm³/mol.